The molecule has 1 saturated heterocycles. The molecule has 1 unspecified atom stereocenters. The van der Waals surface area contributed by atoms with E-state index in [4.69, 9.17) is 0 Å². The molecule has 1 aliphatic heterocycles. The first-order valence-electron chi connectivity index (χ1n) is 7.56. The fraction of sp³-hybridized carbons (Fsp3) is 0.412. The maximum Gasteiger partial charge on any atom is 0.253 e. The molecule has 3 rings (SSSR count). The molecular weight excluding hydrogens is 262 g/mol. The molecule has 2 aromatic rings. The van der Waals surface area contributed by atoms with Crippen LogP contribution in [0.15, 0.2) is 43.0 Å². The maximum absolute atomic E-state index is 12.5. The first-order chi connectivity index (χ1) is 10.2. The van der Waals surface area contributed by atoms with Crippen molar-refractivity contribution >= 4 is 5.91 Å². The number of rotatable bonds is 3. The van der Waals surface area contributed by atoms with Crippen LogP contribution in [0.1, 0.15) is 35.7 Å². The number of benzene rings is 1. The van der Waals surface area contributed by atoms with Crippen LogP contribution in [0.4, 0.5) is 0 Å². The highest BCUT2D eigenvalue weighted by molar-refractivity contribution is 5.94. The lowest BCUT2D eigenvalue weighted by atomic mass is 9.99. The van der Waals surface area contributed by atoms with Crippen LogP contribution in [0.25, 0.3) is 0 Å². The molecule has 0 N–H and O–H groups in total. The Hall–Kier alpha value is -2.10. The highest BCUT2D eigenvalue weighted by Crippen LogP contribution is 2.18. The summed E-state index contributed by atoms with van der Waals surface area (Å²) >= 11 is 0. The molecule has 0 radical (unpaired) electrons. The number of imidazole rings is 1. The standard InChI is InChI=1S/C17H21N3O/c1-14-3-2-9-20(11-14)17(21)16-6-4-15(5-7-16)12-19-10-8-18-13-19/h4-8,10,13-14H,2-3,9,11-12H2,1H3. The number of carbonyl (C=O) groups is 1. The summed E-state index contributed by atoms with van der Waals surface area (Å²) in [4.78, 5) is 18.5. The molecule has 0 saturated carbocycles. The zero-order valence-corrected chi connectivity index (χ0v) is 12.4. The number of hydrogen-bond donors (Lipinski definition) is 0. The highest BCUT2D eigenvalue weighted by atomic mass is 16.2. The molecule has 110 valence electrons. The van der Waals surface area contributed by atoms with Gasteiger partial charge in [-0.05, 0) is 36.5 Å². The molecule has 4 heteroatoms. The minimum absolute atomic E-state index is 0.163. The summed E-state index contributed by atoms with van der Waals surface area (Å²) in [5, 5.41) is 0. The molecule has 21 heavy (non-hydrogen) atoms. The molecule has 0 bridgehead atoms. The van der Waals surface area contributed by atoms with Crippen LogP contribution in [0, 0.1) is 5.92 Å². The van der Waals surface area contributed by atoms with E-state index >= 15 is 0 Å². The van der Waals surface area contributed by atoms with E-state index in [1.54, 1.807) is 12.5 Å². The third-order valence-electron chi connectivity index (χ3n) is 4.07. The number of nitrogens with zero attached hydrogens (tertiary/aromatic N) is 3. The van der Waals surface area contributed by atoms with E-state index in [9.17, 15) is 4.79 Å². The smallest absolute Gasteiger partial charge is 0.253 e. The second kappa shape index (κ2) is 6.12. The Balaban J connectivity index is 1.67. The van der Waals surface area contributed by atoms with Crippen molar-refractivity contribution in [2.45, 2.75) is 26.3 Å². The van der Waals surface area contributed by atoms with Gasteiger partial charge >= 0.3 is 0 Å². The Morgan fingerprint density at radius 3 is 2.81 bits per heavy atom. The minimum Gasteiger partial charge on any atom is -0.338 e. The van der Waals surface area contributed by atoms with E-state index in [2.05, 4.69) is 11.9 Å². The largest absolute Gasteiger partial charge is 0.338 e. The maximum atomic E-state index is 12.5. The van der Waals surface area contributed by atoms with Gasteiger partial charge in [-0.15, -0.1) is 0 Å². The average Bonchev–Trinajstić information content (AvgIpc) is 3.00. The van der Waals surface area contributed by atoms with Crippen molar-refractivity contribution in [1.82, 2.24) is 14.5 Å². The third-order valence-corrected chi connectivity index (χ3v) is 4.07. The Bertz CT molecular complexity index is 589. The summed E-state index contributed by atoms with van der Waals surface area (Å²) < 4.78 is 2.02. The van der Waals surface area contributed by atoms with E-state index < -0.39 is 0 Å². The molecule has 1 fully saturated rings. The summed E-state index contributed by atoms with van der Waals surface area (Å²) in [6, 6.07) is 7.93. The van der Waals surface area contributed by atoms with Crippen molar-refractivity contribution in [3.63, 3.8) is 0 Å². The van der Waals surface area contributed by atoms with Crippen molar-refractivity contribution in [3.8, 4) is 0 Å². The summed E-state index contributed by atoms with van der Waals surface area (Å²) in [7, 11) is 0. The van der Waals surface area contributed by atoms with E-state index in [0.29, 0.717) is 5.92 Å². The number of piperidine rings is 1. The van der Waals surface area contributed by atoms with Gasteiger partial charge in [-0.25, -0.2) is 4.98 Å². The fourth-order valence-electron chi connectivity index (χ4n) is 2.90. The minimum atomic E-state index is 0.163. The van der Waals surface area contributed by atoms with E-state index in [1.165, 1.54) is 12.0 Å². The quantitative estimate of drug-likeness (QED) is 0.868. The van der Waals surface area contributed by atoms with Crippen molar-refractivity contribution in [1.29, 1.82) is 0 Å². The van der Waals surface area contributed by atoms with Gasteiger partial charge < -0.3 is 9.47 Å². The van der Waals surface area contributed by atoms with Crippen LogP contribution in [0.3, 0.4) is 0 Å². The van der Waals surface area contributed by atoms with Crippen molar-refractivity contribution < 1.29 is 4.79 Å². The van der Waals surface area contributed by atoms with E-state index in [0.717, 1.165) is 31.6 Å². The van der Waals surface area contributed by atoms with Crippen LogP contribution in [0.2, 0.25) is 0 Å². The van der Waals surface area contributed by atoms with E-state index in [1.807, 2.05) is 39.9 Å². The lowest BCUT2D eigenvalue weighted by molar-refractivity contribution is 0.0683. The lowest BCUT2D eigenvalue weighted by Crippen LogP contribution is -2.39. The number of aromatic nitrogens is 2. The summed E-state index contributed by atoms with van der Waals surface area (Å²) in [6.45, 7) is 4.78. The van der Waals surface area contributed by atoms with Crippen LogP contribution in [-0.2, 0) is 6.54 Å². The molecule has 0 spiro atoms. The van der Waals surface area contributed by atoms with Gasteiger partial charge in [0.25, 0.3) is 5.91 Å². The van der Waals surface area contributed by atoms with E-state index in [-0.39, 0.29) is 5.91 Å². The van der Waals surface area contributed by atoms with Crippen LogP contribution < -0.4 is 0 Å². The number of hydrogen-bond acceptors (Lipinski definition) is 2. The molecule has 2 heterocycles. The molecule has 1 amide bonds. The summed E-state index contributed by atoms with van der Waals surface area (Å²) in [5.74, 6) is 0.777. The molecule has 4 nitrogen and oxygen atoms in total. The molecular formula is C17H21N3O. The predicted octanol–water partition coefficient (Wildman–Crippen LogP) is 2.80. The number of amides is 1. The van der Waals surface area contributed by atoms with Gasteiger partial charge in [0.2, 0.25) is 0 Å². The fourth-order valence-corrected chi connectivity index (χ4v) is 2.90. The van der Waals surface area contributed by atoms with Gasteiger partial charge in [0, 0.05) is 37.6 Å². The zero-order chi connectivity index (χ0) is 14.7. The van der Waals surface area contributed by atoms with Gasteiger partial charge in [-0.1, -0.05) is 19.1 Å². The van der Waals surface area contributed by atoms with Crippen LogP contribution in [0.5, 0.6) is 0 Å². The first-order valence-corrected chi connectivity index (χ1v) is 7.56. The van der Waals surface area contributed by atoms with Gasteiger partial charge in [0.15, 0.2) is 0 Å². The second-order valence-corrected chi connectivity index (χ2v) is 5.93. The van der Waals surface area contributed by atoms with Crippen molar-refractivity contribution in [2.75, 3.05) is 13.1 Å². The van der Waals surface area contributed by atoms with Gasteiger partial charge in [0.05, 0.1) is 6.33 Å². The molecule has 0 aliphatic carbocycles. The lowest BCUT2D eigenvalue weighted by Gasteiger charge is -2.31. The Kier molecular flexibility index (Phi) is 4.04. The SMILES string of the molecule is CC1CCCN(C(=O)c2ccc(Cn3ccnc3)cc2)C1. The summed E-state index contributed by atoms with van der Waals surface area (Å²) in [5.41, 5.74) is 1.97. The first kappa shape index (κ1) is 13.9. The van der Waals surface area contributed by atoms with Gasteiger partial charge in [0.1, 0.15) is 0 Å². The molecule has 1 aromatic heterocycles. The third kappa shape index (κ3) is 3.32. The van der Waals surface area contributed by atoms with Crippen LogP contribution >= 0.6 is 0 Å². The van der Waals surface area contributed by atoms with Gasteiger partial charge in [-0.2, -0.15) is 0 Å². The van der Waals surface area contributed by atoms with Crippen molar-refractivity contribution in [2.24, 2.45) is 5.92 Å². The zero-order valence-electron chi connectivity index (χ0n) is 12.4. The second-order valence-electron chi connectivity index (χ2n) is 5.93. The summed E-state index contributed by atoms with van der Waals surface area (Å²) in [6.07, 6.45) is 7.86. The monoisotopic (exact) mass is 283 g/mol. The number of carbonyl (C=O) groups excluding carboxylic acids is 1. The topological polar surface area (TPSA) is 38.1 Å². The van der Waals surface area contributed by atoms with Crippen LogP contribution in [-0.4, -0.2) is 33.4 Å². The molecule has 1 aromatic carbocycles. The van der Waals surface area contributed by atoms with Crippen molar-refractivity contribution in [3.05, 3.63) is 54.1 Å². The Morgan fingerprint density at radius 1 is 1.33 bits per heavy atom. The Labute approximate surface area is 125 Å². The predicted molar refractivity (Wildman–Crippen MR) is 82.1 cm³/mol. The highest BCUT2D eigenvalue weighted by Gasteiger charge is 2.21. The molecule has 1 atom stereocenters. The number of likely N-dealkylation sites (tertiary alicyclic amines) is 1. The molecule has 1 aliphatic rings. The average molecular weight is 283 g/mol. The normalized spacial score (nSPS) is 18.7. The Morgan fingerprint density at radius 2 is 2.14 bits per heavy atom. The van der Waals surface area contributed by atoms with Gasteiger partial charge in [-0.3, -0.25) is 4.79 Å².